The van der Waals surface area contributed by atoms with E-state index in [4.69, 9.17) is 11.6 Å². The molecule has 1 aliphatic rings. The number of nitrogens with one attached hydrogen (secondary N) is 1. The van der Waals surface area contributed by atoms with Crippen LogP contribution in [-0.2, 0) is 14.8 Å². The molecular formula is C18H19ClN2O3S. The van der Waals surface area contributed by atoms with Crippen LogP contribution in [0.1, 0.15) is 12.8 Å². The summed E-state index contributed by atoms with van der Waals surface area (Å²) in [6, 6.07) is 15.2. The maximum absolute atomic E-state index is 12.7. The van der Waals surface area contributed by atoms with Crippen LogP contribution in [-0.4, -0.2) is 31.7 Å². The Hall–Kier alpha value is -1.89. The number of halogens is 1. The Kier molecular flexibility index (Phi) is 5.42. The van der Waals surface area contributed by atoms with Gasteiger partial charge in [-0.3, -0.25) is 4.79 Å². The van der Waals surface area contributed by atoms with Gasteiger partial charge in [0.25, 0.3) is 0 Å². The van der Waals surface area contributed by atoms with Crippen molar-refractivity contribution in [3.63, 3.8) is 0 Å². The standard InChI is InChI=1S/C18H19ClN2O3S/c19-15-7-4-8-16(12-15)20-18(22)14-6-5-11-21(13-14)25(23,24)17-9-2-1-3-10-17/h1-4,7-10,12,14H,5-6,11,13H2,(H,20,22). The van der Waals surface area contributed by atoms with Crippen molar-refractivity contribution in [2.45, 2.75) is 17.7 Å². The fourth-order valence-corrected chi connectivity index (χ4v) is 4.66. The second-order valence-electron chi connectivity index (χ2n) is 6.01. The summed E-state index contributed by atoms with van der Waals surface area (Å²) < 4.78 is 26.9. The highest BCUT2D eigenvalue weighted by Crippen LogP contribution is 2.25. The lowest BCUT2D eigenvalue weighted by atomic mass is 9.99. The number of hydrogen-bond acceptors (Lipinski definition) is 3. The second kappa shape index (κ2) is 7.56. The molecule has 1 saturated heterocycles. The molecule has 7 heteroatoms. The molecule has 1 N–H and O–H groups in total. The van der Waals surface area contributed by atoms with Crippen molar-refractivity contribution in [1.29, 1.82) is 0 Å². The first-order valence-corrected chi connectivity index (χ1v) is 9.90. The maximum Gasteiger partial charge on any atom is 0.243 e. The molecule has 0 aliphatic carbocycles. The number of piperidine rings is 1. The third kappa shape index (κ3) is 4.21. The monoisotopic (exact) mass is 378 g/mol. The number of amides is 1. The van der Waals surface area contributed by atoms with Crippen molar-refractivity contribution >= 4 is 33.2 Å². The minimum atomic E-state index is -3.58. The molecule has 1 atom stereocenters. The zero-order valence-corrected chi connectivity index (χ0v) is 15.1. The van der Waals surface area contributed by atoms with Crippen molar-refractivity contribution in [1.82, 2.24) is 4.31 Å². The van der Waals surface area contributed by atoms with Gasteiger partial charge >= 0.3 is 0 Å². The van der Waals surface area contributed by atoms with E-state index < -0.39 is 10.0 Å². The van der Waals surface area contributed by atoms with Crippen LogP contribution in [0.15, 0.2) is 59.5 Å². The Labute approximate surface area is 152 Å². The molecule has 1 heterocycles. The highest BCUT2D eigenvalue weighted by Gasteiger charge is 2.33. The Balaban J connectivity index is 1.71. The first kappa shape index (κ1) is 17.9. The number of nitrogens with zero attached hydrogens (tertiary/aromatic N) is 1. The molecule has 0 aromatic heterocycles. The van der Waals surface area contributed by atoms with Crippen LogP contribution in [0.4, 0.5) is 5.69 Å². The minimum Gasteiger partial charge on any atom is -0.326 e. The van der Waals surface area contributed by atoms with E-state index in [1.807, 2.05) is 0 Å². The predicted molar refractivity (Wildman–Crippen MR) is 98.0 cm³/mol. The molecule has 132 valence electrons. The van der Waals surface area contributed by atoms with Crippen LogP contribution in [0.3, 0.4) is 0 Å². The third-order valence-electron chi connectivity index (χ3n) is 4.23. The molecule has 2 aromatic carbocycles. The van der Waals surface area contributed by atoms with Gasteiger partial charge in [0.1, 0.15) is 0 Å². The average molecular weight is 379 g/mol. The highest BCUT2D eigenvalue weighted by molar-refractivity contribution is 7.89. The van der Waals surface area contributed by atoms with Gasteiger partial charge in [-0.1, -0.05) is 35.9 Å². The maximum atomic E-state index is 12.7. The normalized spacial score (nSPS) is 18.7. The molecule has 1 unspecified atom stereocenters. The highest BCUT2D eigenvalue weighted by atomic mass is 35.5. The lowest BCUT2D eigenvalue weighted by Gasteiger charge is -2.31. The Morgan fingerprint density at radius 1 is 1.12 bits per heavy atom. The third-order valence-corrected chi connectivity index (χ3v) is 6.34. The summed E-state index contributed by atoms with van der Waals surface area (Å²) in [6.45, 7) is 0.613. The Morgan fingerprint density at radius 3 is 2.60 bits per heavy atom. The second-order valence-corrected chi connectivity index (χ2v) is 8.39. The van der Waals surface area contributed by atoms with E-state index in [1.165, 1.54) is 4.31 Å². The summed E-state index contributed by atoms with van der Waals surface area (Å²) in [5.74, 6) is -0.568. The number of sulfonamides is 1. The van der Waals surface area contributed by atoms with Gasteiger partial charge in [0.2, 0.25) is 15.9 Å². The fraction of sp³-hybridized carbons (Fsp3) is 0.278. The fourth-order valence-electron chi connectivity index (χ4n) is 2.93. The first-order valence-electron chi connectivity index (χ1n) is 8.08. The number of benzene rings is 2. The van der Waals surface area contributed by atoms with Crippen LogP contribution in [0, 0.1) is 5.92 Å². The van der Waals surface area contributed by atoms with Crippen LogP contribution >= 0.6 is 11.6 Å². The summed E-state index contributed by atoms with van der Waals surface area (Å²) in [5, 5.41) is 3.36. The molecular weight excluding hydrogens is 360 g/mol. The van der Waals surface area contributed by atoms with E-state index in [9.17, 15) is 13.2 Å². The molecule has 1 amide bonds. The molecule has 2 aromatic rings. The van der Waals surface area contributed by atoms with Crippen molar-refractivity contribution in [3.8, 4) is 0 Å². The van der Waals surface area contributed by atoms with E-state index >= 15 is 0 Å². The van der Waals surface area contributed by atoms with E-state index in [0.717, 1.165) is 0 Å². The SMILES string of the molecule is O=C(Nc1cccc(Cl)c1)C1CCCN(S(=O)(=O)c2ccccc2)C1. The molecule has 0 bridgehead atoms. The zero-order valence-electron chi connectivity index (χ0n) is 13.6. The zero-order chi connectivity index (χ0) is 17.9. The number of hydrogen-bond donors (Lipinski definition) is 1. The molecule has 0 radical (unpaired) electrons. The minimum absolute atomic E-state index is 0.184. The largest absolute Gasteiger partial charge is 0.326 e. The summed E-state index contributed by atoms with van der Waals surface area (Å²) in [6.07, 6.45) is 1.31. The van der Waals surface area contributed by atoms with Crippen LogP contribution in [0.25, 0.3) is 0 Å². The topological polar surface area (TPSA) is 66.5 Å². The number of carbonyl (C=O) groups excluding carboxylic acids is 1. The Bertz CT molecular complexity index is 856. The molecule has 0 spiro atoms. The Morgan fingerprint density at radius 2 is 1.88 bits per heavy atom. The summed E-state index contributed by atoms with van der Waals surface area (Å²) in [4.78, 5) is 12.8. The van der Waals surface area contributed by atoms with Crippen molar-refractivity contribution in [3.05, 3.63) is 59.6 Å². The summed E-state index contributed by atoms with van der Waals surface area (Å²) in [5.41, 5.74) is 0.612. The lowest BCUT2D eigenvalue weighted by molar-refractivity contribution is -0.120. The number of anilines is 1. The van der Waals surface area contributed by atoms with Crippen LogP contribution < -0.4 is 5.32 Å². The average Bonchev–Trinajstić information content (AvgIpc) is 2.62. The molecule has 25 heavy (non-hydrogen) atoms. The predicted octanol–water partition coefficient (Wildman–Crippen LogP) is 3.38. The van der Waals surface area contributed by atoms with E-state index in [2.05, 4.69) is 5.32 Å². The van der Waals surface area contributed by atoms with Crippen LogP contribution in [0.5, 0.6) is 0 Å². The van der Waals surface area contributed by atoms with Gasteiger partial charge < -0.3 is 5.32 Å². The van der Waals surface area contributed by atoms with Crippen LogP contribution in [0.2, 0.25) is 5.02 Å². The molecule has 3 rings (SSSR count). The van der Waals surface area contributed by atoms with Crippen molar-refractivity contribution in [2.24, 2.45) is 5.92 Å². The smallest absolute Gasteiger partial charge is 0.243 e. The number of carbonyl (C=O) groups is 1. The van der Waals surface area contributed by atoms with Crippen molar-refractivity contribution < 1.29 is 13.2 Å². The van der Waals surface area contributed by atoms with Gasteiger partial charge in [-0.05, 0) is 43.2 Å². The van der Waals surface area contributed by atoms with Gasteiger partial charge in [0, 0.05) is 23.8 Å². The van der Waals surface area contributed by atoms with Gasteiger partial charge in [-0.2, -0.15) is 4.31 Å². The van der Waals surface area contributed by atoms with Gasteiger partial charge in [0.05, 0.1) is 10.8 Å². The molecule has 1 aliphatic heterocycles. The van der Waals surface area contributed by atoms with Gasteiger partial charge in [-0.15, -0.1) is 0 Å². The number of rotatable bonds is 4. The first-order chi connectivity index (χ1) is 12.0. The van der Waals surface area contributed by atoms with Crippen molar-refractivity contribution in [2.75, 3.05) is 18.4 Å². The molecule has 5 nitrogen and oxygen atoms in total. The quantitative estimate of drug-likeness (QED) is 0.886. The summed E-state index contributed by atoms with van der Waals surface area (Å²) in [7, 11) is -3.58. The van der Waals surface area contributed by atoms with Gasteiger partial charge in [-0.25, -0.2) is 8.42 Å². The van der Waals surface area contributed by atoms with E-state index in [0.29, 0.717) is 30.1 Å². The molecule has 0 saturated carbocycles. The van der Waals surface area contributed by atoms with E-state index in [1.54, 1.807) is 54.6 Å². The van der Waals surface area contributed by atoms with Gasteiger partial charge in [0.15, 0.2) is 0 Å². The summed E-state index contributed by atoms with van der Waals surface area (Å²) >= 11 is 5.93. The van der Waals surface area contributed by atoms with E-state index in [-0.39, 0.29) is 23.3 Å². The molecule has 1 fully saturated rings. The lowest BCUT2D eigenvalue weighted by Crippen LogP contribution is -2.43.